The maximum absolute atomic E-state index is 11.4. The highest BCUT2D eigenvalue weighted by atomic mass is 32.1. The molecule has 0 N–H and O–H groups in total. The molecule has 0 atom stereocenters. The first-order chi connectivity index (χ1) is 7.62. The van der Waals surface area contributed by atoms with Crippen LogP contribution in [0.15, 0.2) is 0 Å². The predicted molar refractivity (Wildman–Crippen MR) is 68.1 cm³/mol. The van der Waals surface area contributed by atoms with E-state index in [1.54, 1.807) is 18.3 Å². The van der Waals surface area contributed by atoms with E-state index in [9.17, 15) is 4.79 Å². The summed E-state index contributed by atoms with van der Waals surface area (Å²) in [6.45, 7) is 10.8. The second-order valence-corrected chi connectivity index (χ2v) is 4.84. The summed E-state index contributed by atoms with van der Waals surface area (Å²) in [6.07, 6.45) is 0.837. The van der Waals surface area contributed by atoms with Crippen LogP contribution in [0.25, 0.3) is 0 Å². The van der Waals surface area contributed by atoms with Crippen molar-refractivity contribution in [2.45, 2.75) is 40.7 Å². The minimum Gasteiger partial charge on any atom is -0.297 e. The van der Waals surface area contributed by atoms with E-state index in [2.05, 4.69) is 23.7 Å². The van der Waals surface area contributed by atoms with Gasteiger partial charge in [0.15, 0.2) is 5.78 Å². The molecule has 0 bridgehead atoms. The number of Topliss-reactive ketones (excluding diaryl/α,β-unsaturated/α-hetero) is 1. The molecule has 0 aliphatic carbocycles. The van der Waals surface area contributed by atoms with Gasteiger partial charge in [0, 0.05) is 6.92 Å². The Morgan fingerprint density at radius 2 is 1.94 bits per heavy atom. The smallest absolute Gasteiger partial charge is 0.171 e. The SMILES string of the molecule is CCc1nc(CN(CC)CC)sc1C(C)=O. The first-order valence-electron chi connectivity index (χ1n) is 5.84. The molecule has 0 saturated heterocycles. The number of hydrogen-bond acceptors (Lipinski definition) is 4. The highest BCUT2D eigenvalue weighted by Crippen LogP contribution is 2.21. The number of aromatic nitrogens is 1. The van der Waals surface area contributed by atoms with E-state index in [1.807, 2.05) is 6.92 Å². The Morgan fingerprint density at radius 3 is 2.31 bits per heavy atom. The molecule has 0 aliphatic rings. The lowest BCUT2D eigenvalue weighted by atomic mass is 10.2. The van der Waals surface area contributed by atoms with Gasteiger partial charge in [0.25, 0.3) is 0 Å². The second kappa shape index (κ2) is 6.11. The van der Waals surface area contributed by atoms with Crippen molar-refractivity contribution in [2.24, 2.45) is 0 Å². The molecular formula is C12H20N2OS. The average molecular weight is 240 g/mol. The monoisotopic (exact) mass is 240 g/mol. The van der Waals surface area contributed by atoms with E-state index < -0.39 is 0 Å². The van der Waals surface area contributed by atoms with Crippen LogP contribution in [0, 0.1) is 0 Å². The molecule has 4 heteroatoms. The Morgan fingerprint density at radius 1 is 1.31 bits per heavy atom. The topological polar surface area (TPSA) is 33.2 Å². The van der Waals surface area contributed by atoms with Crippen molar-refractivity contribution in [3.8, 4) is 0 Å². The van der Waals surface area contributed by atoms with Gasteiger partial charge in [-0.1, -0.05) is 20.8 Å². The molecule has 3 nitrogen and oxygen atoms in total. The minimum atomic E-state index is 0.139. The predicted octanol–water partition coefficient (Wildman–Crippen LogP) is 2.75. The zero-order valence-corrected chi connectivity index (χ0v) is 11.4. The molecule has 0 radical (unpaired) electrons. The lowest BCUT2D eigenvalue weighted by molar-refractivity contribution is 0.102. The highest BCUT2D eigenvalue weighted by Gasteiger charge is 2.14. The Balaban J connectivity index is 2.86. The van der Waals surface area contributed by atoms with Gasteiger partial charge in [0.1, 0.15) is 5.01 Å². The number of rotatable bonds is 6. The van der Waals surface area contributed by atoms with Gasteiger partial charge in [-0.2, -0.15) is 0 Å². The maximum atomic E-state index is 11.4. The van der Waals surface area contributed by atoms with Crippen LogP contribution >= 0.6 is 11.3 Å². The largest absolute Gasteiger partial charge is 0.297 e. The lowest BCUT2D eigenvalue weighted by Gasteiger charge is -2.15. The van der Waals surface area contributed by atoms with Crippen molar-refractivity contribution >= 4 is 17.1 Å². The third kappa shape index (κ3) is 3.12. The fourth-order valence-corrected chi connectivity index (χ4v) is 2.71. The number of aryl methyl sites for hydroxylation is 1. The molecule has 90 valence electrons. The van der Waals surface area contributed by atoms with Crippen molar-refractivity contribution in [3.05, 3.63) is 15.6 Å². The van der Waals surface area contributed by atoms with Gasteiger partial charge in [-0.15, -0.1) is 11.3 Å². The van der Waals surface area contributed by atoms with Crippen LogP contribution in [0.5, 0.6) is 0 Å². The van der Waals surface area contributed by atoms with Gasteiger partial charge in [-0.3, -0.25) is 9.69 Å². The van der Waals surface area contributed by atoms with Gasteiger partial charge in [0.2, 0.25) is 0 Å². The van der Waals surface area contributed by atoms with Gasteiger partial charge >= 0.3 is 0 Å². The quantitative estimate of drug-likeness (QED) is 0.717. The molecule has 16 heavy (non-hydrogen) atoms. The first kappa shape index (κ1) is 13.3. The second-order valence-electron chi connectivity index (χ2n) is 3.75. The fourth-order valence-electron chi connectivity index (χ4n) is 1.62. The van der Waals surface area contributed by atoms with Crippen LogP contribution in [0.1, 0.15) is 48.1 Å². The van der Waals surface area contributed by atoms with E-state index in [-0.39, 0.29) is 5.78 Å². The molecule has 0 amide bonds. The number of nitrogens with zero attached hydrogens (tertiary/aromatic N) is 2. The first-order valence-corrected chi connectivity index (χ1v) is 6.65. The summed E-state index contributed by atoms with van der Waals surface area (Å²) in [6, 6.07) is 0. The molecule has 1 aromatic heterocycles. The molecule has 0 aromatic carbocycles. The summed E-state index contributed by atoms with van der Waals surface area (Å²) >= 11 is 1.55. The van der Waals surface area contributed by atoms with Gasteiger partial charge in [-0.05, 0) is 19.5 Å². The third-order valence-electron chi connectivity index (χ3n) is 2.65. The maximum Gasteiger partial charge on any atom is 0.171 e. The molecule has 0 spiro atoms. The summed E-state index contributed by atoms with van der Waals surface area (Å²) in [5.41, 5.74) is 0.958. The Bertz CT molecular complexity index is 356. The Kier molecular flexibility index (Phi) is 5.09. The van der Waals surface area contributed by atoms with Gasteiger partial charge in [0.05, 0.1) is 17.1 Å². The summed E-state index contributed by atoms with van der Waals surface area (Å²) < 4.78 is 0. The normalized spacial score (nSPS) is 11.1. The third-order valence-corrected chi connectivity index (χ3v) is 3.83. The molecule has 1 rings (SSSR count). The Labute approximate surface area is 101 Å². The van der Waals surface area contributed by atoms with Gasteiger partial charge in [-0.25, -0.2) is 4.98 Å². The molecule has 0 aliphatic heterocycles. The molecular weight excluding hydrogens is 220 g/mol. The highest BCUT2D eigenvalue weighted by molar-refractivity contribution is 7.13. The molecule has 1 heterocycles. The number of ketones is 1. The zero-order chi connectivity index (χ0) is 12.1. The van der Waals surface area contributed by atoms with Crippen molar-refractivity contribution in [2.75, 3.05) is 13.1 Å². The summed E-state index contributed by atoms with van der Waals surface area (Å²) in [7, 11) is 0. The van der Waals surface area contributed by atoms with Crippen LogP contribution in [0.2, 0.25) is 0 Å². The van der Waals surface area contributed by atoms with Crippen LogP contribution in [-0.2, 0) is 13.0 Å². The van der Waals surface area contributed by atoms with Gasteiger partial charge < -0.3 is 0 Å². The van der Waals surface area contributed by atoms with Crippen molar-refractivity contribution in [1.29, 1.82) is 0 Å². The van der Waals surface area contributed by atoms with Crippen molar-refractivity contribution in [1.82, 2.24) is 9.88 Å². The van der Waals surface area contributed by atoms with E-state index in [1.165, 1.54) is 0 Å². The van der Waals surface area contributed by atoms with Crippen LogP contribution in [0.3, 0.4) is 0 Å². The number of thiazole rings is 1. The summed E-state index contributed by atoms with van der Waals surface area (Å²) in [5, 5.41) is 1.06. The van der Waals surface area contributed by atoms with Crippen molar-refractivity contribution < 1.29 is 4.79 Å². The lowest BCUT2D eigenvalue weighted by Crippen LogP contribution is -2.21. The zero-order valence-electron chi connectivity index (χ0n) is 10.5. The van der Waals surface area contributed by atoms with E-state index >= 15 is 0 Å². The van der Waals surface area contributed by atoms with E-state index in [4.69, 9.17) is 0 Å². The van der Waals surface area contributed by atoms with E-state index in [0.717, 1.165) is 41.6 Å². The fraction of sp³-hybridized carbons (Fsp3) is 0.667. The summed E-state index contributed by atoms with van der Waals surface area (Å²) in [5.74, 6) is 0.139. The summed E-state index contributed by atoms with van der Waals surface area (Å²) in [4.78, 5) is 19.1. The van der Waals surface area contributed by atoms with Crippen LogP contribution < -0.4 is 0 Å². The minimum absolute atomic E-state index is 0.139. The Hall–Kier alpha value is -0.740. The number of hydrogen-bond donors (Lipinski definition) is 0. The van der Waals surface area contributed by atoms with Crippen LogP contribution in [-0.4, -0.2) is 28.8 Å². The average Bonchev–Trinajstić information content (AvgIpc) is 2.69. The number of carbonyl (C=O) groups is 1. The molecule has 0 unspecified atom stereocenters. The van der Waals surface area contributed by atoms with E-state index in [0.29, 0.717) is 0 Å². The molecule has 0 fully saturated rings. The molecule has 1 aromatic rings. The van der Waals surface area contributed by atoms with Crippen LogP contribution in [0.4, 0.5) is 0 Å². The van der Waals surface area contributed by atoms with Crippen molar-refractivity contribution in [3.63, 3.8) is 0 Å². The standard InChI is InChI=1S/C12H20N2OS/c1-5-10-12(9(4)15)16-11(13-10)8-14(6-2)7-3/h5-8H2,1-4H3. The molecule has 0 saturated carbocycles. The number of carbonyl (C=O) groups excluding carboxylic acids is 1.